The number of halogens is 2. The summed E-state index contributed by atoms with van der Waals surface area (Å²) in [5, 5.41) is 14.4. The Morgan fingerprint density at radius 1 is 1.06 bits per heavy atom. The first-order valence-electron chi connectivity index (χ1n) is 12.2. The molecule has 4 heterocycles. The van der Waals surface area contributed by atoms with Gasteiger partial charge in [0.25, 0.3) is 0 Å². The quantitative estimate of drug-likeness (QED) is 0.438. The maximum Gasteiger partial charge on any atom is 0.182 e. The molecule has 36 heavy (non-hydrogen) atoms. The molecule has 1 N–H and O–H groups in total. The molecule has 3 aromatic heterocycles. The lowest BCUT2D eigenvalue weighted by atomic mass is 9.88. The zero-order chi connectivity index (χ0) is 25.0. The number of ether oxygens (including phenoxy) is 1. The minimum atomic E-state index is -0.730. The highest BCUT2D eigenvalue weighted by molar-refractivity contribution is 5.87. The Kier molecular flexibility index (Phi) is 5.72. The van der Waals surface area contributed by atoms with Crippen LogP contribution in [0.2, 0.25) is 0 Å². The van der Waals surface area contributed by atoms with Gasteiger partial charge < -0.3 is 9.84 Å². The molecule has 1 saturated heterocycles. The molecule has 0 radical (unpaired) electrons. The Morgan fingerprint density at radius 2 is 1.86 bits per heavy atom. The minimum absolute atomic E-state index is 0.135. The van der Waals surface area contributed by atoms with Crippen LogP contribution in [0.4, 0.5) is 8.78 Å². The summed E-state index contributed by atoms with van der Waals surface area (Å²) in [5.74, 6) is -1.11. The number of hydrogen-bond donors (Lipinski definition) is 1. The number of benzene rings is 1. The van der Waals surface area contributed by atoms with Crippen LogP contribution in [0.1, 0.15) is 66.5 Å². The molecule has 6 rings (SSSR count). The van der Waals surface area contributed by atoms with Crippen molar-refractivity contribution in [1.82, 2.24) is 29.7 Å². The van der Waals surface area contributed by atoms with Gasteiger partial charge in [0, 0.05) is 29.3 Å². The molecular formula is C26H26F2N6O2. The first-order valence-corrected chi connectivity index (χ1v) is 12.2. The summed E-state index contributed by atoms with van der Waals surface area (Å²) in [6, 6.07) is 3.85. The van der Waals surface area contributed by atoms with Crippen molar-refractivity contribution in [3.8, 4) is 11.3 Å². The van der Waals surface area contributed by atoms with Gasteiger partial charge in [0.2, 0.25) is 0 Å². The lowest BCUT2D eigenvalue weighted by Crippen LogP contribution is -2.30. The minimum Gasteiger partial charge on any atom is -0.394 e. The number of fused-ring (bicyclic) bond motifs is 1. The first-order chi connectivity index (χ1) is 17.4. The summed E-state index contributed by atoms with van der Waals surface area (Å²) >= 11 is 0. The summed E-state index contributed by atoms with van der Waals surface area (Å²) in [6.45, 7) is 3.51. The molecule has 0 bridgehead atoms. The van der Waals surface area contributed by atoms with Crippen LogP contribution in [0.5, 0.6) is 0 Å². The molecule has 2 fully saturated rings. The third-order valence-electron chi connectivity index (χ3n) is 7.03. The summed E-state index contributed by atoms with van der Waals surface area (Å²) < 4.78 is 36.7. The van der Waals surface area contributed by atoms with Crippen LogP contribution in [0, 0.1) is 25.5 Å². The molecule has 1 saturated carbocycles. The van der Waals surface area contributed by atoms with Crippen LogP contribution in [0.3, 0.4) is 0 Å². The maximum absolute atomic E-state index is 14.9. The van der Waals surface area contributed by atoms with Gasteiger partial charge in [0.15, 0.2) is 5.65 Å². The lowest BCUT2D eigenvalue weighted by Gasteiger charge is -2.33. The predicted octanol–water partition coefficient (Wildman–Crippen LogP) is 4.51. The summed E-state index contributed by atoms with van der Waals surface area (Å²) in [5.41, 5.74) is 3.46. The average Bonchev–Trinajstić information content (AvgIpc) is 3.60. The normalized spacial score (nSPS) is 22.3. The van der Waals surface area contributed by atoms with E-state index in [-0.39, 0.29) is 29.9 Å². The zero-order valence-corrected chi connectivity index (χ0v) is 20.0. The molecule has 4 aromatic rings. The Labute approximate surface area is 206 Å². The van der Waals surface area contributed by atoms with E-state index in [9.17, 15) is 13.9 Å². The number of aliphatic hydroxyl groups is 1. The Hall–Kier alpha value is -3.37. The Balaban J connectivity index is 1.44. The van der Waals surface area contributed by atoms with Crippen molar-refractivity contribution < 1.29 is 18.6 Å². The molecule has 0 amide bonds. The average molecular weight is 493 g/mol. The molecule has 186 valence electrons. The van der Waals surface area contributed by atoms with Crippen molar-refractivity contribution in [1.29, 1.82) is 0 Å². The van der Waals surface area contributed by atoms with Crippen molar-refractivity contribution in [2.45, 2.75) is 63.7 Å². The highest BCUT2D eigenvalue weighted by atomic mass is 19.1. The van der Waals surface area contributed by atoms with E-state index in [4.69, 9.17) is 14.7 Å². The molecule has 1 aliphatic carbocycles. The highest BCUT2D eigenvalue weighted by Gasteiger charge is 2.35. The van der Waals surface area contributed by atoms with Gasteiger partial charge in [-0.3, -0.25) is 4.68 Å². The standard InChI is InChI=1S/C26H26F2N6O2/c1-13-14(2)31-26-24(30-13)23(20-6-3-17(27)9-21(20)28)32-25(33-26)15-7-19(12-35)36-22(8-15)16-10-29-34(11-16)18-4-5-18/h3,6,9-11,15,18-19,22,35H,4-5,7-8,12H2,1-2H3/t15-,19-,22+/m1/s1. The van der Waals surface area contributed by atoms with Crippen LogP contribution in [-0.2, 0) is 4.74 Å². The number of aryl methyl sites for hydroxylation is 2. The second-order valence-corrected chi connectivity index (χ2v) is 9.70. The van der Waals surface area contributed by atoms with Crippen LogP contribution in [0.25, 0.3) is 22.4 Å². The van der Waals surface area contributed by atoms with Crippen molar-refractivity contribution >= 4 is 11.2 Å². The second kappa shape index (κ2) is 8.94. The van der Waals surface area contributed by atoms with Crippen molar-refractivity contribution in [3.63, 3.8) is 0 Å². The number of nitrogens with zero attached hydrogens (tertiary/aromatic N) is 6. The second-order valence-electron chi connectivity index (χ2n) is 9.70. The first kappa shape index (κ1) is 23.1. The van der Waals surface area contributed by atoms with Crippen molar-refractivity contribution in [2.24, 2.45) is 0 Å². The summed E-state index contributed by atoms with van der Waals surface area (Å²) in [7, 11) is 0. The summed E-state index contributed by atoms with van der Waals surface area (Å²) in [4.78, 5) is 18.7. The van der Waals surface area contributed by atoms with E-state index in [0.29, 0.717) is 47.3 Å². The van der Waals surface area contributed by atoms with Gasteiger partial charge in [0.05, 0.1) is 42.4 Å². The maximum atomic E-state index is 14.9. The van der Waals surface area contributed by atoms with Crippen LogP contribution in [-0.4, -0.2) is 47.5 Å². The van der Waals surface area contributed by atoms with Gasteiger partial charge in [-0.25, -0.2) is 28.7 Å². The third kappa shape index (κ3) is 4.24. The van der Waals surface area contributed by atoms with Crippen molar-refractivity contribution in [2.75, 3.05) is 6.61 Å². The van der Waals surface area contributed by atoms with Gasteiger partial charge in [-0.05, 0) is 51.7 Å². The van der Waals surface area contributed by atoms with E-state index in [0.717, 1.165) is 24.5 Å². The van der Waals surface area contributed by atoms with Crippen LogP contribution in [0.15, 0.2) is 30.6 Å². The highest BCUT2D eigenvalue weighted by Crippen LogP contribution is 2.41. The molecule has 0 unspecified atom stereocenters. The molecular weight excluding hydrogens is 466 g/mol. The summed E-state index contributed by atoms with van der Waals surface area (Å²) in [6.07, 6.45) is 6.46. The monoisotopic (exact) mass is 492 g/mol. The zero-order valence-electron chi connectivity index (χ0n) is 20.0. The van der Waals surface area contributed by atoms with E-state index >= 15 is 0 Å². The molecule has 2 aliphatic rings. The number of aliphatic hydroxyl groups excluding tert-OH is 1. The molecule has 1 aromatic carbocycles. The number of hydrogen-bond acceptors (Lipinski definition) is 7. The molecule has 10 heteroatoms. The third-order valence-corrected chi connectivity index (χ3v) is 7.03. The van der Waals surface area contributed by atoms with Gasteiger partial charge in [0.1, 0.15) is 28.7 Å². The van der Waals surface area contributed by atoms with E-state index in [2.05, 4.69) is 15.1 Å². The fourth-order valence-electron chi connectivity index (χ4n) is 4.80. The van der Waals surface area contributed by atoms with E-state index in [1.807, 2.05) is 30.9 Å². The van der Waals surface area contributed by atoms with E-state index in [1.165, 1.54) is 12.1 Å². The topological polar surface area (TPSA) is 98.8 Å². The van der Waals surface area contributed by atoms with E-state index in [1.54, 1.807) is 0 Å². The van der Waals surface area contributed by atoms with Gasteiger partial charge in [-0.2, -0.15) is 5.10 Å². The predicted molar refractivity (Wildman–Crippen MR) is 127 cm³/mol. The fraction of sp³-hybridized carbons (Fsp3) is 0.423. The van der Waals surface area contributed by atoms with Gasteiger partial charge in [-0.15, -0.1) is 0 Å². The fourth-order valence-corrected chi connectivity index (χ4v) is 4.80. The smallest absolute Gasteiger partial charge is 0.182 e. The Morgan fingerprint density at radius 3 is 2.61 bits per heavy atom. The SMILES string of the molecule is Cc1nc2nc([C@@H]3C[C@H](CO)O[C@H](c4cnn(C5CC5)c4)C3)nc(-c3ccc(F)cc3F)c2nc1C. The van der Waals surface area contributed by atoms with Crippen molar-refractivity contribution in [3.05, 3.63) is 65.0 Å². The lowest BCUT2D eigenvalue weighted by molar-refractivity contribution is -0.0819. The Bertz CT molecular complexity index is 1450. The molecule has 1 aliphatic heterocycles. The molecule has 8 nitrogen and oxygen atoms in total. The number of rotatable bonds is 5. The molecule has 3 atom stereocenters. The largest absolute Gasteiger partial charge is 0.394 e. The van der Waals surface area contributed by atoms with E-state index < -0.39 is 17.7 Å². The molecule has 0 spiro atoms. The van der Waals surface area contributed by atoms with Crippen LogP contribution < -0.4 is 0 Å². The van der Waals surface area contributed by atoms with Gasteiger partial charge >= 0.3 is 0 Å². The number of aromatic nitrogens is 6. The van der Waals surface area contributed by atoms with Gasteiger partial charge in [-0.1, -0.05) is 0 Å². The van der Waals surface area contributed by atoms with Crippen LogP contribution >= 0.6 is 0 Å².